The Balaban J connectivity index is 2.39. The number of ether oxygens (including phenoxy) is 1. The van der Waals surface area contributed by atoms with Crippen LogP contribution in [0.25, 0.3) is 0 Å². The number of hydrogen-bond donors (Lipinski definition) is 0. The number of hydrogen-bond acceptors (Lipinski definition) is 4. The predicted molar refractivity (Wildman–Crippen MR) is 89.4 cm³/mol. The number of rotatable bonds is 3. The molecule has 0 unspecified atom stereocenters. The third-order valence-corrected chi connectivity index (χ3v) is 3.74. The molecule has 0 saturated heterocycles. The molecule has 0 fully saturated rings. The van der Waals surface area contributed by atoms with Crippen LogP contribution in [0.4, 0.5) is 0 Å². The zero-order chi connectivity index (χ0) is 16.8. The molecule has 0 saturated carbocycles. The number of nitriles is 2. The summed E-state index contributed by atoms with van der Waals surface area (Å²) in [5.74, 6) is 0.821. The molecule has 2 rings (SSSR count). The van der Waals surface area contributed by atoms with Gasteiger partial charge in [-0.25, -0.2) is 0 Å². The number of nitrogens with zero attached hydrogens (tertiary/aromatic N) is 3. The summed E-state index contributed by atoms with van der Waals surface area (Å²) in [5, 5.41) is 18.2. The van der Waals surface area contributed by atoms with Crippen LogP contribution in [0, 0.1) is 22.7 Å². The largest absolute Gasteiger partial charge is 0.466 e. The molecule has 0 bridgehead atoms. The summed E-state index contributed by atoms with van der Waals surface area (Å²) < 4.78 is 5.44. The van der Waals surface area contributed by atoms with Crippen molar-refractivity contribution in [3.05, 3.63) is 70.4 Å². The minimum absolute atomic E-state index is 0.176. The van der Waals surface area contributed by atoms with Gasteiger partial charge in [-0.2, -0.15) is 10.5 Å². The second-order valence-electron chi connectivity index (χ2n) is 5.55. The Morgan fingerprint density at radius 3 is 2.57 bits per heavy atom. The molecule has 116 valence electrons. The van der Waals surface area contributed by atoms with Crippen molar-refractivity contribution in [2.45, 2.75) is 19.8 Å². The van der Waals surface area contributed by atoms with Gasteiger partial charge in [-0.3, -0.25) is 0 Å². The highest BCUT2D eigenvalue weighted by Crippen LogP contribution is 2.32. The normalized spacial score (nSPS) is 17.2. The lowest BCUT2D eigenvalue weighted by Gasteiger charge is -2.26. The molecule has 0 aromatic rings. The summed E-state index contributed by atoms with van der Waals surface area (Å²) in [7, 11) is 3.94. The Morgan fingerprint density at radius 1 is 1.26 bits per heavy atom. The zero-order valence-corrected chi connectivity index (χ0v) is 13.6. The van der Waals surface area contributed by atoms with E-state index < -0.39 is 0 Å². The van der Waals surface area contributed by atoms with Crippen LogP contribution in [0.2, 0.25) is 0 Å². The van der Waals surface area contributed by atoms with Gasteiger partial charge in [0.05, 0.1) is 6.26 Å². The third-order valence-electron chi connectivity index (χ3n) is 3.74. The summed E-state index contributed by atoms with van der Waals surface area (Å²) >= 11 is 0. The fourth-order valence-corrected chi connectivity index (χ4v) is 2.54. The van der Waals surface area contributed by atoms with Crippen molar-refractivity contribution in [3.8, 4) is 12.1 Å². The van der Waals surface area contributed by atoms with E-state index in [-0.39, 0.29) is 5.57 Å². The monoisotopic (exact) mass is 305 g/mol. The first kappa shape index (κ1) is 16.4. The molecule has 0 atom stereocenters. The maximum absolute atomic E-state index is 9.10. The first-order chi connectivity index (χ1) is 11.1. The Hall–Kier alpha value is -2.98. The van der Waals surface area contributed by atoms with Gasteiger partial charge in [0, 0.05) is 26.2 Å². The molecule has 1 aliphatic heterocycles. The van der Waals surface area contributed by atoms with Crippen LogP contribution in [-0.4, -0.2) is 19.0 Å². The van der Waals surface area contributed by atoms with Crippen molar-refractivity contribution < 1.29 is 4.74 Å². The fraction of sp³-hybridized carbons (Fsp3) is 0.263. The van der Waals surface area contributed by atoms with Crippen molar-refractivity contribution >= 4 is 0 Å². The predicted octanol–water partition coefficient (Wildman–Crippen LogP) is 3.87. The Kier molecular flexibility index (Phi) is 5.23. The fourth-order valence-electron chi connectivity index (χ4n) is 2.54. The summed E-state index contributed by atoms with van der Waals surface area (Å²) in [4.78, 5) is 2.03. The van der Waals surface area contributed by atoms with E-state index in [1.54, 1.807) is 6.26 Å². The standard InChI is InChI=1S/C19H19N3O/c1-14-10-15(16(12-20)13-21)11-19(22(2)3)18(14)8-7-17-6-4-5-9-23-17/h5-10H,4,11H2,1-3H3. The van der Waals surface area contributed by atoms with Gasteiger partial charge in [0.25, 0.3) is 0 Å². The molecule has 0 aromatic carbocycles. The lowest BCUT2D eigenvalue weighted by atomic mass is 9.89. The summed E-state index contributed by atoms with van der Waals surface area (Å²) in [6.07, 6.45) is 13.0. The van der Waals surface area contributed by atoms with Gasteiger partial charge in [0.15, 0.2) is 0 Å². The Morgan fingerprint density at radius 2 is 2.00 bits per heavy atom. The van der Waals surface area contributed by atoms with Gasteiger partial charge in [-0.1, -0.05) is 6.08 Å². The molecule has 2 aliphatic rings. The van der Waals surface area contributed by atoms with Gasteiger partial charge in [0.1, 0.15) is 23.5 Å². The van der Waals surface area contributed by atoms with E-state index in [1.165, 1.54) is 0 Å². The third kappa shape index (κ3) is 3.81. The van der Waals surface area contributed by atoms with Crippen LogP contribution in [0.3, 0.4) is 0 Å². The van der Waals surface area contributed by atoms with Crippen LogP contribution in [-0.2, 0) is 4.74 Å². The van der Waals surface area contributed by atoms with Crippen molar-refractivity contribution in [1.29, 1.82) is 10.5 Å². The van der Waals surface area contributed by atoms with Crippen LogP contribution < -0.4 is 0 Å². The lowest BCUT2D eigenvalue weighted by molar-refractivity contribution is 0.359. The van der Waals surface area contributed by atoms with E-state index in [0.29, 0.717) is 6.42 Å². The van der Waals surface area contributed by atoms with E-state index in [4.69, 9.17) is 15.3 Å². The minimum Gasteiger partial charge on any atom is -0.466 e. The maximum Gasteiger partial charge on any atom is 0.133 e. The van der Waals surface area contributed by atoms with Crippen LogP contribution in [0.1, 0.15) is 19.8 Å². The average molecular weight is 305 g/mol. The molecule has 1 aliphatic carbocycles. The first-order valence-electron chi connectivity index (χ1n) is 7.39. The lowest BCUT2D eigenvalue weighted by Crippen LogP contribution is -2.17. The molecule has 0 radical (unpaired) electrons. The topological polar surface area (TPSA) is 60.0 Å². The summed E-state index contributed by atoms with van der Waals surface area (Å²) in [6, 6.07) is 3.96. The molecular formula is C19H19N3O. The smallest absolute Gasteiger partial charge is 0.133 e. The molecular weight excluding hydrogens is 286 g/mol. The second kappa shape index (κ2) is 7.33. The molecule has 1 heterocycles. The molecule has 23 heavy (non-hydrogen) atoms. The first-order valence-corrected chi connectivity index (χ1v) is 7.39. The molecule has 0 N–H and O–H groups in total. The molecule has 4 heteroatoms. The van der Waals surface area contributed by atoms with Crippen LogP contribution in [0.15, 0.2) is 70.4 Å². The number of allylic oxidation sites excluding steroid dienone is 9. The average Bonchev–Trinajstić information content (AvgIpc) is 2.55. The van der Waals surface area contributed by atoms with E-state index in [1.807, 2.05) is 68.4 Å². The van der Waals surface area contributed by atoms with Crippen molar-refractivity contribution in [3.63, 3.8) is 0 Å². The molecule has 0 spiro atoms. The molecule has 4 nitrogen and oxygen atoms in total. The van der Waals surface area contributed by atoms with Gasteiger partial charge >= 0.3 is 0 Å². The van der Waals surface area contributed by atoms with Gasteiger partial charge < -0.3 is 9.64 Å². The Bertz CT molecular complexity index is 743. The minimum atomic E-state index is 0.176. The second-order valence-corrected chi connectivity index (χ2v) is 5.55. The van der Waals surface area contributed by atoms with Crippen molar-refractivity contribution in [2.24, 2.45) is 0 Å². The van der Waals surface area contributed by atoms with Crippen LogP contribution >= 0.6 is 0 Å². The quantitative estimate of drug-likeness (QED) is 0.743. The van der Waals surface area contributed by atoms with Crippen LogP contribution in [0.5, 0.6) is 0 Å². The highest BCUT2D eigenvalue weighted by atomic mass is 16.5. The van der Waals surface area contributed by atoms with Crippen molar-refractivity contribution in [1.82, 2.24) is 4.90 Å². The highest BCUT2D eigenvalue weighted by Gasteiger charge is 2.18. The van der Waals surface area contributed by atoms with Gasteiger partial charge in [-0.15, -0.1) is 0 Å². The molecule has 0 aromatic heterocycles. The Labute approximate surface area is 137 Å². The van der Waals surface area contributed by atoms with Crippen molar-refractivity contribution in [2.75, 3.05) is 14.1 Å². The highest BCUT2D eigenvalue weighted by molar-refractivity contribution is 5.56. The van der Waals surface area contributed by atoms with E-state index >= 15 is 0 Å². The van der Waals surface area contributed by atoms with Gasteiger partial charge in [-0.05, 0) is 54.4 Å². The van der Waals surface area contributed by atoms with Gasteiger partial charge in [0.2, 0.25) is 0 Å². The van der Waals surface area contributed by atoms with E-state index in [9.17, 15) is 0 Å². The maximum atomic E-state index is 9.10. The van der Waals surface area contributed by atoms with E-state index in [0.717, 1.165) is 34.6 Å². The summed E-state index contributed by atoms with van der Waals surface area (Å²) in [5.41, 5.74) is 4.14. The van der Waals surface area contributed by atoms with E-state index in [2.05, 4.69) is 0 Å². The zero-order valence-electron chi connectivity index (χ0n) is 13.6. The molecule has 0 amide bonds. The SMILES string of the molecule is CC1=CC(=C(C#N)C#N)CC(N(C)C)=C1C=CC1=CCC=CO1. The summed E-state index contributed by atoms with van der Waals surface area (Å²) in [6.45, 7) is 1.99.